The zero-order valence-corrected chi connectivity index (χ0v) is 17.6. The van der Waals surface area contributed by atoms with Crippen LogP contribution in [0, 0.1) is 5.92 Å². The van der Waals surface area contributed by atoms with Crippen molar-refractivity contribution < 1.29 is 14.2 Å². The lowest BCUT2D eigenvalue weighted by Gasteiger charge is -2.39. The Bertz CT molecular complexity index is 330. The molecular weight excluding hydrogens is 330 g/mol. The van der Waals surface area contributed by atoms with Gasteiger partial charge in [-0.1, -0.05) is 45.4 Å². The van der Waals surface area contributed by atoms with E-state index in [-0.39, 0.29) is 11.9 Å². The van der Waals surface area contributed by atoms with Gasteiger partial charge in [0.05, 0.1) is 0 Å². The summed E-state index contributed by atoms with van der Waals surface area (Å²) in [5.41, 5.74) is 10.9. The molecule has 156 valence electrons. The van der Waals surface area contributed by atoms with Crippen LogP contribution in [-0.4, -0.2) is 38.3 Å². The molecule has 0 aromatic heterocycles. The lowest BCUT2D eigenvalue weighted by atomic mass is 9.92. The zero-order valence-electron chi connectivity index (χ0n) is 17.6. The van der Waals surface area contributed by atoms with Crippen LogP contribution in [0.4, 0.5) is 0 Å². The minimum Gasteiger partial charge on any atom is -0.370 e. The van der Waals surface area contributed by atoms with Gasteiger partial charge in [0, 0.05) is 32.3 Å². The minimum absolute atomic E-state index is 0.142. The van der Waals surface area contributed by atoms with Crippen LogP contribution < -0.4 is 11.5 Å². The number of rotatable bonds is 18. The lowest BCUT2D eigenvalue weighted by Crippen LogP contribution is -2.47. The Morgan fingerprint density at radius 3 is 1.77 bits per heavy atom. The molecule has 26 heavy (non-hydrogen) atoms. The third kappa shape index (κ3) is 11.0. The van der Waals surface area contributed by atoms with Crippen LogP contribution in [0.2, 0.25) is 0 Å². The van der Waals surface area contributed by atoms with Crippen molar-refractivity contribution in [2.75, 3.05) is 26.4 Å². The molecule has 4 N–H and O–H groups in total. The fourth-order valence-electron chi connectivity index (χ4n) is 3.30. The van der Waals surface area contributed by atoms with Crippen LogP contribution in [0.15, 0.2) is 4.99 Å². The number of hydrogen-bond acceptors (Lipinski definition) is 4. The van der Waals surface area contributed by atoms with Crippen molar-refractivity contribution in [2.24, 2.45) is 22.4 Å². The van der Waals surface area contributed by atoms with Gasteiger partial charge in [0.25, 0.3) is 5.97 Å². The molecule has 0 aliphatic rings. The van der Waals surface area contributed by atoms with Crippen molar-refractivity contribution in [2.45, 2.75) is 91.5 Å². The summed E-state index contributed by atoms with van der Waals surface area (Å²) in [5, 5.41) is 0. The van der Waals surface area contributed by atoms with Gasteiger partial charge in [0.2, 0.25) is 0 Å². The van der Waals surface area contributed by atoms with Gasteiger partial charge < -0.3 is 25.7 Å². The summed E-state index contributed by atoms with van der Waals surface area (Å²) in [7, 11) is 0. The van der Waals surface area contributed by atoms with Gasteiger partial charge in [-0.25, -0.2) is 0 Å². The van der Waals surface area contributed by atoms with Crippen LogP contribution in [0.1, 0.15) is 85.5 Å². The second kappa shape index (κ2) is 16.3. The monoisotopic (exact) mass is 373 g/mol. The third-order valence-electron chi connectivity index (χ3n) is 4.45. The maximum absolute atomic E-state index is 6.02. The Morgan fingerprint density at radius 2 is 1.27 bits per heavy atom. The molecule has 0 spiro atoms. The molecule has 0 radical (unpaired) electrons. The van der Waals surface area contributed by atoms with Crippen molar-refractivity contribution >= 4 is 5.96 Å². The maximum Gasteiger partial charge on any atom is 0.285 e. The van der Waals surface area contributed by atoms with Gasteiger partial charge in [-0.05, 0) is 40.0 Å². The first-order chi connectivity index (χ1) is 12.6. The first kappa shape index (κ1) is 25.1. The van der Waals surface area contributed by atoms with Crippen molar-refractivity contribution in [3.8, 4) is 0 Å². The highest BCUT2D eigenvalue weighted by Gasteiger charge is 2.41. The molecule has 0 aromatic rings. The molecule has 0 aliphatic heterocycles. The molecule has 0 bridgehead atoms. The van der Waals surface area contributed by atoms with Gasteiger partial charge in [-0.15, -0.1) is 0 Å². The second-order valence-electron chi connectivity index (χ2n) is 6.60. The van der Waals surface area contributed by atoms with Crippen molar-refractivity contribution in [3.63, 3.8) is 0 Å². The third-order valence-corrected chi connectivity index (χ3v) is 4.45. The average molecular weight is 374 g/mol. The lowest BCUT2D eigenvalue weighted by molar-refractivity contribution is -0.403. The van der Waals surface area contributed by atoms with E-state index in [9.17, 15) is 0 Å². The molecular formula is C20H43N3O3. The van der Waals surface area contributed by atoms with Gasteiger partial charge in [0.1, 0.15) is 0 Å². The summed E-state index contributed by atoms with van der Waals surface area (Å²) in [6, 6.07) is 0. The molecule has 0 aromatic carbocycles. The summed E-state index contributed by atoms with van der Waals surface area (Å²) in [6.45, 7) is 10.5. The Labute approximate surface area is 161 Å². The predicted molar refractivity (Wildman–Crippen MR) is 109 cm³/mol. The summed E-state index contributed by atoms with van der Waals surface area (Å²) >= 11 is 0. The molecule has 6 heteroatoms. The molecule has 0 aliphatic carbocycles. The van der Waals surface area contributed by atoms with Crippen molar-refractivity contribution in [3.05, 3.63) is 0 Å². The first-order valence-corrected chi connectivity index (χ1v) is 10.5. The van der Waals surface area contributed by atoms with Crippen LogP contribution in [0.25, 0.3) is 0 Å². The van der Waals surface area contributed by atoms with E-state index in [1.807, 2.05) is 20.8 Å². The molecule has 0 heterocycles. The Kier molecular flexibility index (Phi) is 15.8. The highest BCUT2D eigenvalue weighted by atomic mass is 16.9. The van der Waals surface area contributed by atoms with E-state index in [1.165, 1.54) is 32.1 Å². The normalized spacial score (nSPS) is 12.9. The number of nitrogens with two attached hydrogens (primary N) is 2. The van der Waals surface area contributed by atoms with E-state index >= 15 is 0 Å². The van der Waals surface area contributed by atoms with Gasteiger partial charge >= 0.3 is 0 Å². The smallest absolute Gasteiger partial charge is 0.285 e. The summed E-state index contributed by atoms with van der Waals surface area (Å²) in [6.07, 6.45) is 10.4. The summed E-state index contributed by atoms with van der Waals surface area (Å²) in [5.74, 6) is -0.648. The van der Waals surface area contributed by atoms with E-state index in [0.717, 1.165) is 25.7 Å². The quantitative estimate of drug-likeness (QED) is 0.163. The molecule has 0 saturated heterocycles. The topological polar surface area (TPSA) is 92.1 Å². The predicted octanol–water partition coefficient (Wildman–Crippen LogP) is 4.17. The van der Waals surface area contributed by atoms with E-state index in [1.54, 1.807) is 0 Å². The molecule has 1 atom stereocenters. The second-order valence-corrected chi connectivity index (χ2v) is 6.60. The molecule has 0 saturated carbocycles. The number of hydrogen-bond donors (Lipinski definition) is 2. The highest BCUT2D eigenvalue weighted by Crippen LogP contribution is 2.34. The first-order valence-electron chi connectivity index (χ1n) is 10.5. The largest absolute Gasteiger partial charge is 0.370 e. The van der Waals surface area contributed by atoms with Gasteiger partial charge in [0.15, 0.2) is 5.96 Å². The molecule has 6 nitrogen and oxygen atoms in total. The fraction of sp³-hybridized carbons (Fsp3) is 0.950. The number of nitrogens with zero attached hydrogens (tertiary/aromatic N) is 1. The molecule has 0 amide bonds. The van der Waals surface area contributed by atoms with Crippen molar-refractivity contribution in [1.82, 2.24) is 0 Å². The standard InChI is InChI=1S/C20H43N3O3/c1-5-9-10-11-12-13-15-18(16-14-17-23-19(21)22)20(24-6-2,25-7-3)26-8-4/h18H,5-17H2,1-4H3,(H4,21,22,23). The molecule has 0 fully saturated rings. The number of aliphatic imine (C=N–C) groups is 1. The van der Waals surface area contributed by atoms with Gasteiger partial charge in [-0.3, -0.25) is 4.99 Å². The van der Waals surface area contributed by atoms with Crippen LogP contribution >= 0.6 is 0 Å². The fourth-order valence-corrected chi connectivity index (χ4v) is 3.30. The Balaban J connectivity index is 4.88. The number of ether oxygens (including phenoxy) is 3. The SMILES string of the molecule is CCCCCCCCC(CCCN=C(N)N)C(OCC)(OCC)OCC. The maximum atomic E-state index is 6.02. The van der Waals surface area contributed by atoms with E-state index in [2.05, 4.69) is 11.9 Å². The summed E-state index contributed by atoms with van der Waals surface area (Å²) < 4.78 is 18.1. The van der Waals surface area contributed by atoms with Crippen LogP contribution in [0.5, 0.6) is 0 Å². The zero-order chi connectivity index (χ0) is 19.7. The van der Waals surface area contributed by atoms with Crippen LogP contribution in [0.3, 0.4) is 0 Å². The van der Waals surface area contributed by atoms with Crippen LogP contribution in [-0.2, 0) is 14.2 Å². The Morgan fingerprint density at radius 1 is 0.769 bits per heavy atom. The summed E-state index contributed by atoms with van der Waals surface area (Å²) in [4.78, 5) is 4.10. The number of unbranched alkanes of at least 4 members (excludes halogenated alkanes) is 5. The molecule has 0 rings (SSSR count). The molecule has 1 unspecified atom stereocenters. The van der Waals surface area contributed by atoms with E-state index in [4.69, 9.17) is 25.7 Å². The number of guanidine groups is 1. The minimum atomic E-state index is -0.959. The van der Waals surface area contributed by atoms with E-state index in [0.29, 0.717) is 26.4 Å². The van der Waals surface area contributed by atoms with Gasteiger partial charge in [-0.2, -0.15) is 0 Å². The highest BCUT2D eigenvalue weighted by molar-refractivity contribution is 5.75. The Hall–Kier alpha value is -0.850. The van der Waals surface area contributed by atoms with E-state index < -0.39 is 5.97 Å². The average Bonchev–Trinajstić information content (AvgIpc) is 2.60. The van der Waals surface area contributed by atoms with Crippen molar-refractivity contribution in [1.29, 1.82) is 0 Å².